The molecule has 162 valence electrons. The summed E-state index contributed by atoms with van der Waals surface area (Å²) in [7, 11) is 0. The quantitative estimate of drug-likeness (QED) is 0.714. The Morgan fingerprint density at radius 1 is 1.14 bits per heavy atom. The topological polar surface area (TPSA) is 82.0 Å². The van der Waals surface area contributed by atoms with Crippen LogP contribution in [0.4, 0.5) is 0 Å². The molecule has 1 aromatic rings. The van der Waals surface area contributed by atoms with E-state index in [2.05, 4.69) is 5.32 Å². The van der Waals surface area contributed by atoms with Crippen LogP contribution in [0, 0.1) is 26.7 Å². The van der Waals surface area contributed by atoms with Crippen LogP contribution in [0.3, 0.4) is 0 Å². The molecule has 2 aliphatic heterocycles. The highest BCUT2D eigenvalue weighted by Gasteiger charge is 2.51. The third-order valence-electron chi connectivity index (χ3n) is 7.37. The van der Waals surface area contributed by atoms with Gasteiger partial charge in [-0.3, -0.25) is 4.79 Å². The maximum atomic E-state index is 13.1. The highest BCUT2D eigenvalue weighted by molar-refractivity contribution is 5.85. The number of hydroxylamine groups is 2. The third kappa shape index (κ3) is 3.40. The third-order valence-corrected chi connectivity index (χ3v) is 7.37. The van der Waals surface area contributed by atoms with Gasteiger partial charge in [0, 0.05) is 29.6 Å². The second-order valence-corrected chi connectivity index (χ2v) is 10.3. The summed E-state index contributed by atoms with van der Waals surface area (Å²) in [5.41, 5.74) is 1.82. The van der Waals surface area contributed by atoms with E-state index < -0.39 is 11.1 Å². The molecule has 1 aromatic carbocycles. The van der Waals surface area contributed by atoms with Crippen LogP contribution in [0.15, 0.2) is 0 Å². The van der Waals surface area contributed by atoms with Crippen molar-refractivity contribution >= 4 is 5.91 Å². The van der Waals surface area contributed by atoms with Crippen molar-refractivity contribution in [1.82, 2.24) is 10.4 Å². The summed E-state index contributed by atoms with van der Waals surface area (Å²) in [5, 5.41) is 25.4. The molecule has 6 heteroatoms. The van der Waals surface area contributed by atoms with Crippen LogP contribution in [0.25, 0.3) is 0 Å². The molecule has 3 rings (SSSR count). The second-order valence-electron chi connectivity index (χ2n) is 10.3. The van der Waals surface area contributed by atoms with Crippen LogP contribution < -0.4 is 10.1 Å². The summed E-state index contributed by atoms with van der Waals surface area (Å²) in [6.07, 6.45) is 2.04. The van der Waals surface area contributed by atoms with Crippen molar-refractivity contribution in [1.29, 1.82) is 0 Å². The number of nitrogens with zero attached hydrogens (tertiary/aromatic N) is 1. The number of phenolic OH excluding ortho intramolecular Hbond substituents is 1. The van der Waals surface area contributed by atoms with Gasteiger partial charge in [-0.25, -0.2) is 0 Å². The molecule has 0 spiro atoms. The van der Waals surface area contributed by atoms with Crippen molar-refractivity contribution in [2.45, 2.75) is 91.3 Å². The highest BCUT2D eigenvalue weighted by Crippen LogP contribution is 2.44. The van der Waals surface area contributed by atoms with Crippen molar-refractivity contribution in [2.24, 2.45) is 5.92 Å². The number of carbonyl (C=O) groups is 1. The van der Waals surface area contributed by atoms with Gasteiger partial charge in [0.25, 0.3) is 5.91 Å². The number of aromatic hydroxyl groups is 1. The van der Waals surface area contributed by atoms with Crippen molar-refractivity contribution in [2.75, 3.05) is 6.54 Å². The standard InChI is InChI=1S/C23H36N2O4/c1-13-14(2)19-17(15(3)18(13)26)9-10-23(8,29-19)20(27)24-12-16-11-21(4,5)25(28)22(16,6)7/h16,26,28H,9-12H2,1-8H3,(H,24,27). The molecule has 0 bridgehead atoms. The average molecular weight is 405 g/mol. The maximum Gasteiger partial charge on any atom is 0.263 e. The van der Waals surface area contributed by atoms with Crippen molar-refractivity contribution < 1.29 is 19.8 Å². The number of ether oxygens (including phenoxy) is 1. The van der Waals surface area contributed by atoms with E-state index in [1.54, 1.807) is 0 Å². The molecule has 1 amide bonds. The summed E-state index contributed by atoms with van der Waals surface area (Å²) in [4.78, 5) is 13.1. The molecule has 6 nitrogen and oxygen atoms in total. The van der Waals surface area contributed by atoms with Gasteiger partial charge >= 0.3 is 0 Å². The normalized spacial score (nSPS) is 28.0. The first kappa shape index (κ1) is 21.9. The molecule has 2 heterocycles. The molecule has 2 atom stereocenters. The number of nitrogens with one attached hydrogen (secondary N) is 1. The number of rotatable bonds is 3. The average Bonchev–Trinajstić information content (AvgIpc) is 2.81. The van der Waals surface area contributed by atoms with Crippen molar-refractivity contribution in [3.63, 3.8) is 0 Å². The number of hydrogen-bond acceptors (Lipinski definition) is 5. The molecule has 3 N–H and O–H groups in total. The Morgan fingerprint density at radius 2 is 1.76 bits per heavy atom. The molecule has 2 unspecified atom stereocenters. The molecular weight excluding hydrogens is 368 g/mol. The molecule has 2 aliphatic rings. The first-order valence-electron chi connectivity index (χ1n) is 10.5. The first-order chi connectivity index (χ1) is 13.2. The van der Waals surface area contributed by atoms with E-state index in [0.29, 0.717) is 25.1 Å². The number of benzene rings is 1. The molecule has 29 heavy (non-hydrogen) atoms. The van der Waals surface area contributed by atoms with E-state index in [4.69, 9.17) is 4.74 Å². The van der Waals surface area contributed by atoms with E-state index in [1.165, 1.54) is 5.06 Å². The Morgan fingerprint density at radius 3 is 2.31 bits per heavy atom. The number of carbonyl (C=O) groups excluding carboxylic acids is 1. The Labute approximate surface area is 174 Å². The zero-order chi connectivity index (χ0) is 21.9. The lowest BCUT2D eigenvalue weighted by molar-refractivity contribution is -0.196. The SMILES string of the molecule is Cc1c(C)c2c(c(C)c1O)CCC(C)(C(=O)NCC1CC(C)(C)N(O)C1(C)C)O2. The van der Waals surface area contributed by atoms with Gasteiger partial charge in [0.1, 0.15) is 11.5 Å². The summed E-state index contributed by atoms with van der Waals surface area (Å²) < 4.78 is 6.27. The van der Waals surface area contributed by atoms with Crippen LogP contribution in [-0.4, -0.2) is 44.5 Å². The lowest BCUT2D eigenvalue weighted by Gasteiger charge is -2.38. The fourth-order valence-electron chi connectivity index (χ4n) is 5.02. The van der Waals surface area contributed by atoms with Gasteiger partial charge in [-0.15, -0.1) is 0 Å². The number of hydrogen-bond donors (Lipinski definition) is 3. The molecule has 1 fully saturated rings. The Bertz CT molecular complexity index is 846. The summed E-state index contributed by atoms with van der Waals surface area (Å²) in [6.45, 7) is 16.1. The maximum absolute atomic E-state index is 13.1. The summed E-state index contributed by atoms with van der Waals surface area (Å²) >= 11 is 0. The van der Waals surface area contributed by atoms with Gasteiger partial charge < -0.3 is 20.4 Å². The largest absolute Gasteiger partial charge is 0.507 e. The van der Waals surface area contributed by atoms with Gasteiger partial charge in [0.2, 0.25) is 0 Å². The van der Waals surface area contributed by atoms with Gasteiger partial charge in [-0.2, -0.15) is 5.06 Å². The fourth-order valence-corrected chi connectivity index (χ4v) is 5.02. The Hall–Kier alpha value is -1.79. The van der Waals surface area contributed by atoms with Crippen molar-refractivity contribution in [3.8, 4) is 11.5 Å². The monoisotopic (exact) mass is 404 g/mol. The Kier molecular flexibility index (Phi) is 5.20. The minimum Gasteiger partial charge on any atom is -0.507 e. The van der Waals surface area contributed by atoms with Crippen LogP contribution in [0.2, 0.25) is 0 Å². The van der Waals surface area contributed by atoms with E-state index in [0.717, 1.165) is 34.4 Å². The highest BCUT2D eigenvalue weighted by atomic mass is 16.5. The lowest BCUT2D eigenvalue weighted by atomic mass is 9.85. The van der Waals surface area contributed by atoms with Crippen molar-refractivity contribution in [3.05, 3.63) is 22.3 Å². The predicted molar refractivity (Wildman–Crippen MR) is 113 cm³/mol. The number of amides is 1. The van der Waals surface area contributed by atoms with Gasteiger partial charge in [0.05, 0.1) is 0 Å². The van der Waals surface area contributed by atoms with E-state index >= 15 is 0 Å². The zero-order valence-electron chi connectivity index (χ0n) is 19.1. The number of fused-ring (bicyclic) bond motifs is 1. The molecule has 0 aliphatic carbocycles. The van der Waals surface area contributed by atoms with E-state index in [-0.39, 0.29) is 17.4 Å². The number of phenols is 1. The molecule has 1 saturated heterocycles. The van der Waals surface area contributed by atoms with Crippen LogP contribution >= 0.6 is 0 Å². The van der Waals surface area contributed by atoms with Crippen LogP contribution in [-0.2, 0) is 11.2 Å². The smallest absolute Gasteiger partial charge is 0.263 e. The van der Waals surface area contributed by atoms with Gasteiger partial charge in [0.15, 0.2) is 5.60 Å². The van der Waals surface area contributed by atoms with Crippen LogP contribution in [0.5, 0.6) is 11.5 Å². The molecule has 0 radical (unpaired) electrons. The lowest BCUT2D eigenvalue weighted by Crippen LogP contribution is -2.53. The fraction of sp³-hybridized carbons (Fsp3) is 0.696. The minimum atomic E-state index is -0.954. The second kappa shape index (κ2) is 6.88. The molecule has 0 saturated carbocycles. The first-order valence-corrected chi connectivity index (χ1v) is 10.5. The Balaban J connectivity index is 1.76. The minimum absolute atomic E-state index is 0.129. The predicted octanol–water partition coefficient (Wildman–Crippen LogP) is 3.79. The summed E-state index contributed by atoms with van der Waals surface area (Å²) in [6, 6.07) is 0. The van der Waals surface area contributed by atoms with Crippen LogP contribution in [0.1, 0.15) is 69.7 Å². The molecule has 0 aromatic heterocycles. The van der Waals surface area contributed by atoms with Gasteiger partial charge in [-0.1, -0.05) is 0 Å². The van der Waals surface area contributed by atoms with E-state index in [1.807, 2.05) is 55.4 Å². The van der Waals surface area contributed by atoms with Gasteiger partial charge in [-0.05, 0) is 90.8 Å². The summed E-state index contributed by atoms with van der Waals surface area (Å²) in [5.74, 6) is 1.05. The molecular formula is C23H36N2O4. The van der Waals surface area contributed by atoms with E-state index in [9.17, 15) is 15.1 Å². The zero-order valence-corrected chi connectivity index (χ0v) is 19.1.